The predicted octanol–water partition coefficient (Wildman–Crippen LogP) is 5.68. The molecule has 1 aromatic heterocycles. The van der Waals surface area contributed by atoms with Crippen LogP contribution in [0.25, 0.3) is 10.8 Å². The maximum atomic E-state index is 12.7. The van der Waals surface area contributed by atoms with Crippen molar-refractivity contribution >= 4 is 64.5 Å². The van der Waals surface area contributed by atoms with E-state index in [2.05, 4.69) is 20.6 Å². The fourth-order valence-electron chi connectivity index (χ4n) is 4.10. The molecule has 0 atom stereocenters. The molecule has 4 aromatic rings. The van der Waals surface area contributed by atoms with E-state index in [4.69, 9.17) is 0 Å². The number of fused-ring (bicyclic) bond motifs is 3. The Morgan fingerprint density at radius 2 is 1.74 bits per heavy atom. The molecule has 2 heterocycles. The molecule has 2 amide bonds. The number of amides is 2. The summed E-state index contributed by atoms with van der Waals surface area (Å²) < 4.78 is 0. The Morgan fingerprint density at radius 3 is 2.51 bits per heavy atom. The number of carbonyl (C=O) groups excluding carboxylic acids is 2. The Hall–Kier alpha value is -3.74. The van der Waals surface area contributed by atoms with Gasteiger partial charge in [-0.1, -0.05) is 55.5 Å². The average molecular weight is 507 g/mol. The van der Waals surface area contributed by atoms with Crippen molar-refractivity contribution in [1.82, 2.24) is 4.98 Å². The number of nitrogens with one attached hydrogen (secondary N) is 2. The van der Waals surface area contributed by atoms with Gasteiger partial charge in [0.05, 0.1) is 22.7 Å². The van der Waals surface area contributed by atoms with Gasteiger partial charge in [0.25, 0.3) is 5.91 Å². The number of nitrogens with zero attached hydrogens (tertiary/aromatic N) is 2. The van der Waals surface area contributed by atoms with Gasteiger partial charge in [0.2, 0.25) is 5.91 Å². The molecule has 178 valence electrons. The molecule has 1 aliphatic heterocycles. The molecule has 1 aliphatic rings. The highest BCUT2D eigenvalue weighted by Gasteiger charge is 2.20. The molecule has 3 aromatic carbocycles. The summed E-state index contributed by atoms with van der Waals surface area (Å²) in [5.74, 6) is -0.333. The summed E-state index contributed by atoms with van der Waals surface area (Å²) in [7, 11) is 0. The monoisotopic (exact) mass is 506 g/mol. The minimum absolute atomic E-state index is 0. The molecular weight excluding hydrogens is 483 g/mol. The van der Waals surface area contributed by atoms with Crippen molar-refractivity contribution in [2.24, 2.45) is 4.99 Å². The largest absolute Gasteiger partial charge is 0.323 e. The van der Waals surface area contributed by atoms with Gasteiger partial charge < -0.3 is 10.6 Å². The lowest BCUT2D eigenvalue weighted by molar-refractivity contribution is -0.114. The SMILES string of the molecule is CCc1ncccc1C(=O)Nc1ccc(C2=NCC(=O)Nc3c2ccc2ccccc32)cc1.Cl.Cl. The number of hydrogen-bond acceptors (Lipinski definition) is 4. The number of rotatable bonds is 4. The van der Waals surface area contributed by atoms with Crippen LogP contribution in [0.1, 0.15) is 34.1 Å². The summed E-state index contributed by atoms with van der Waals surface area (Å²) in [4.78, 5) is 34.0. The van der Waals surface area contributed by atoms with Gasteiger partial charge in [-0.2, -0.15) is 0 Å². The number of carbonyl (C=O) groups is 2. The first-order chi connectivity index (χ1) is 16.1. The molecule has 0 radical (unpaired) electrons. The summed E-state index contributed by atoms with van der Waals surface area (Å²) in [6.07, 6.45) is 2.38. The molecule has 0 fully saturated rings. The topological polar surface area (TPSA) is 83.5 Å². The van der Waals surface area contributed by atoms with E-state index >= 15 is 0 Å². The molecule has 5 rings (SSSR count). The molecule has 0 unspecified atom stereocenters. The molecule has 0 spiro atoms. The van der Waals surface area contributed by atoms with Gasteiger partial charge >= 0.3 is 0 Å². The quantitative estimate of drug-likeness (QED) is 0.373. The van der Waals surface area contributed by atoms with Crippen LogP contribution in [0.4, 0.5) is 11.4 Å². The number of hydrogen-bond donors (Lipinski definition) is 2. The lowest BCUT2D eigenvalue weighted by Crippen LogP contribution is -2.15. The van der Waals surface area contributed by atoms with E-state index < -0.39 is 0 Å². The first-order valence-electron chi connectivity index (χ1n) is 10.9. The van der Waals surface area contributed by atoms with Crippen LogP contribution in [0.3, 0.4) is 0 Å². The standard InChI is InChI=1S/C27H22N4O2.2ClH/c1-2-23-21(8-5-15-28-23)27(33)30-19-12-9-18(10-13-19)25-22-14-11-17-6-3-4-7-20(17)26(22)31-24(32)16-29-25;;/h3-15H,2,16H2,1H3,(H,30,33)(H,31,32);2*1H. The van der Waals surface area contributed by atoms with Crippen LogP contribution in [0.5, 0.6) is 0 Å². The van der Waals surface area contributed by atoms with Crippen LogP contribution in [-0.2, 0) is 11.2 Å². The maximum Gasteiger partial charge on any atom is 0.257 e. The van der Waals surface area contributed by atoms with Crippen LogP contribution in [0.15, 0.2) is 84.0 Å². The Labute approximate surface area is 215 Å². The van der Waals surface area contributed by atoms with Gasteiger partial charge in [0.15, 0.2) is 0 Å². The lowest BCUT2D eigenvalue weighted by atomic mass is 9.96. The van der Waals surface area contributed by atoms with Gasteiger partial charge in [0.1, 0.15) is 6.54 Å². The van der Waals surface area contributed by atoms with Gasteiger partial charge in [-0.05, 0) is 36.1 Å². The van der Waals surface area contributed by atoms with Crippen LogP contribution in [0, 0.1) is 0 Å². The van der Waals surface area contributed by atoms with Crippen LogP contribution >= 0.6 is 24.8 Å². The third-order valence-electron chi connectivity index (χ3n) is 5.72. The highest BCUT2D eigenvalue weighted by atomic mass is 35.5. The fraction of sp³-hybridized carbons (Fsp3) is 0.111. The average Bonchev–Trinajstić information content (AvgIpc) is 3.03. The molecule has 6 nitrogen and oxygen atoms in total. The van der Waals surface area contributed by atoms with Gasteiger partial charge in [-0.15, -0.1) is 24.8 Å². The highest BCUT2D eigenvalue weighted by molar-refractivity contribution is 6.23. The Balaban J connectivity index is 0.00000171. The number of aryl methyl sites for hydroxylation is 1. The molecule has 0 saturated carbocycles. The van der Waals surface area contributed by atoms with Gasteiger partial charge in [-0.25, -0.2) is 0 Å². The zero-order valence-corrected chi connectivity index (χ0v) is 20.6. The van der Waals surface area contributed by atoms with Crippen molar-refractivity contribution in [3.8, 4) is 0 Å². The second-order valence-corrected chi connectivity index (χ2v) is 7.80. The van der Waals surface area contributed by atoms with E-state index in [0.717, 1.165) is 39.0 Å². The normalized spacial score (nSPS) is 12.3. The van der Waals surface area contributed by atoms with Crippen molar-refractivity contribution in [1.29, 1.82) is 0 Å². The number of benzene rings is 3. The fourth-order valence-corrected chi connectivity index (χ4v) is 4.10. The van der Waals surface area contributed by atoms with E-state index in [9.17, 15) is 9.59 Å². The van der Waals surface area contributed by atoms with Crippen molar-refractivity contribution in [3.05, 3.63) is 101 Å². The van der Waals surface area contributed by atoms with Crippen LogP contribution < -0.4 is 10.6 Å². The first-order valence-corrected chi connectivity index (χ1v) is 10.9. The summed E-state index contributed by atoms with van der Waals surface area (Å²) in [5, 5.41) is 7.99. The van der Waals surface area contributed by atoms with Crippen LogP contribution in [-0.4, -0.2) is 29.1 Å². The molecule has 0 bridgehead atoms. The Kier molecular flexibility index (Phi) is 8.22. The van der Waals surface area contributed by atoms with E-state index in [0.29, 0.717) is 17.7 Å². The van der Waals surface area contributed by atoms with E-state index in [1.807, 2.05) is 67.6 Å². The summed E-state index contributed by atoms with van der Waals surface area (Å²) in [6, 6.07) is 23.0. The molecule has 35 heavy (non-hydrogen) atoms. The lowest BCUT2D eigenvalue weighted by Gasteiger charge is -2.14. The molecule has 0 aliphatic carbocycles. The van der Waals surface area contributed by atoms with E-state index in [-0.39, 0.29) is 43.2 Å². The summed E-state index contributed by atoms with van der Waals surface area (Å²) >= 11 is 0. The van der Waals surface area contributed by atoms with E-state index in [1.54, 1.807) is 18.3 Å². The molecule has 2 N–H and O–H groups in total. The molecular formula is C27H24Cl2N4O2. The predicted molar refractivity (Wildman–Crippen MR) is 146 cm³/mol. The van der Waals surface area contributed by atoms with Gasteiger partial charge in [-0.3, -0.25) is 19.6 Å². The van der Waals surface area contributed by atoms with Gasteiger partial charge in [0, 0.05) is 28.4 Å². The van der Waals surface area contributed by atoms with Crippen molar-refractivity contribution in [2.75, 3.05) is 17.2 Å². The van der Waals surface area contributed by atoms with Crippen LogP contribution in [0.2, 0.25) is 0 Å². The van der Waals surface area contributed by atoms with Crippen molar-refractivity contribution in [2.45, 2.75) is 13.3 Å². The summed E-state index contributed by atoms with van der Waals surface area (Å²) in [5.41, 5.74) is 5.28. The summed E-state index contributed by atoms with van der Waals surface area (Å²) in [6.45, 7) is 2.03. The third-order valence-corrected chi connectivity index (χ3v) is 5.72. The van der Waals surface area contributed by atoms with Crippen molar-refractivity contribution < 1.29 is 9.59 Å². The molecule has 8 heteroatoms. The third kappa shape index (κ3) is 5.19. The Bertz CT molecular complexity index is 1420. The minimum Gasteiger partial charge on any atom is -0.323 e. The second-order valence-electron chi connectivity index (χ2n) is 7.80. The maximum absolute atomic E-state index is 12.7. The Morgan fingerprint density at radius 1 is 0.971 bits per heavy atom. The first kappa shape index (κ1) is 25.9. The number of aromatic nitrogens is 1. The number of halogens is 2. The highest BCUT2D eigenvalue weighted by Crippen LogP contribution is 2.31. The zero-order valence-electron chi connectivity index (χ0n) is 18.9. The molecule has 0 saturated heterocycles. The number of aliphatic imine (C=N–C) groups is 1. The zero-order chi connectivity index (χ0) is 22.8. The number of pyridine rings is 1. The minimum atomic E-state index is -0.189. The second kappa shape index (κ2) is 11.1. The number of anilines is 2. The van der Waals surface area contributed by atoms with Crippen molar-refractivity contribution in [3.63, 3.8) is 0 Å². The smallest absolute Gasteiger partial charge is 0.257 e. The van der Waals surface area contributed by atoms with E-state index in [1.165, 1.54) is 0 Å².